The van der Waals surface area contributed by atoms with E-state index < -0.39 is 10.0 Å². The average molecular weight is 445 g/mol. The van der Waals surface area contributed by atoms with Crippen LogP contribution in [0.15, 0.2) is 82.2 Å². The maximum absolute atomic E-state index is 12.6. The van der Waals surface area contributed by atoms with Gasteiger partial charge in [0.1, 0.15) is 0 Å². The van der Waals surface area contributed by atoms with Crippen LogP contribution in [0.25, 0.3) is 0 Å². The molecule has 0 radical (unpaired) electrons. The fraction of sp³-hybridized carbons (Fsp3) is 0.0500. The molecule has 0 aliphatic heterocycles. The molecule has 3 rings (SSSR count). The zero-order valence-corrected chi connectivity index (χ0v) is 16.8. The van der Waals surface area contributed by atoms with Crippen molar-refractivity contribution in [2.75, 3.05) is 10.0 Å². The van der Waals surface area contributed by atoms with E-state index in [9.17, 15) is 13.2 Å². The fourth-order valence-corrected chi connectivity index (χ4v) is 3.83. The highest BCUT2D eigenvalue weighted by molar-refractivity contribution is 9.10. The van der Waals surface area contributed by atoms with Gasteiger partial charge in [0.05, 0.1) is 4.90 Å². The van der Waals surface area contributed by atoms with Crippen LogP contribution in [0.2, 0.25) is 0 Å². The van der Waals surface area contributed by atoms with E-state index in [-0.39, 0.29) is 16.4 Å². The van der Waals surface area contributed by atoms with E-state index in [0.717, 1.165) is 10.0 Å². The molecular formula is C20H17BrN2O3S. The predicted molar refractivity (Wildman–Crippen MR) is 111 cm³/mol. The molecule has 0 atom stereocenters. The van der Waals surface area contributed by atoms with Crippen molar-refractivity contribution in [2.45, 2.75) is 11.8 Å². The molecule has 2 N–H and O–H groups in total. The number of rotatable bonds is 5. The Hall–Kier alpha value is -2.64. The molecule has 5 nitrogen and oxygen atoms in total. The number of aryl methyl sites for hydroxylation is 1. The van der Waals surface area contributed by atoms with Crippen molar-refractivity contribution in [1.29, 1.82) is 0 Å². The number of halogens is 1. The van der Waals surface area contributed by atoms with Gasteiger partial charge in [0.15, 0.2) is 0 Å². The number of anilines is 2. The molecule has 0 fully saturated rings. The first-order chi connectivity index (χ1) is 12.8. The summed E-state index contributed by atoms with van der Waals surface area (Å²) >= 11 is 3.31. The van der Waals surface area contributed by atoms with Gasteiger partial charge in [-0.25, -0.2) is 8.42 Å². The number of carbonyl (C=O) groups excluding carboxylic acids is 1. The van der Waals surface area contributed by atoms with Gasteiger partial charge >= 0.3 is 0 Å². The molecule has 0 bridgehead atoms. The molecule has 0 saturated heterocycles. The second-order valence-corrected chi connectivity index (χ2v) is 8.56. The third-order valence-corrected chi connectivity index (χ3v) is 5.69. The van der Waals surface area contributed by atoms with Gasteiger partial charge in [-0.3, -0.25) is 9.52 Å². The van der Waals surface area contributed by atoms with E-state index in [1.807, 2.05) is 25.1 Å². The summed E-state index contributed by atoms with van der Waals surface area (Å²) in [5.41, 5.74) is 2.37. The lowest BCUT2D eigenvalue weighted by Crippen LogP contribution is -2.16. The Bertz CT molecular complexity index is 1080. The van der Waals surface area contributed by atoms with Crippen molar-refractivity contribution in [3.8, 4) is 0 Å². The highest BCUT2D eigenvalue weighted by Crippen LogP contribution is 2.20. The molecule has 0 spiro atoms. The van der Waals surface area contributed by atoms with Crippen LogP contribution < -0.4 is 10.0 Å². The zero-order chi connectivity index (χ0) is 19.4. The minimum absolute atomic E-state index is 0.0160. The van der Waals surface area contributed by atoms with Crippen LogP contribution >= 0.6 is 15.9 Å². The van der Waals surface area contributed by atoms with Crippen molar-refractivity contribution in [3.05, 3.63) is 88.4 Å². The van der Waals surface area contributed by atoms with Gasteiger partial charge in [0.25, 0.3) is 15.9 Å². The molecule has 3 aromatic carbocycles. The summed E-state index contributed by atoms with van der Waals surface area (Å²) in [4.78, 5) is 12.5. The van der Waals surface area contributed by atoms with Gasteiger partial charge in [0, 0.05) is 21.4 Å². The third-order valence-electron chi connectivity index (χ3n) is 3.78. The Morgan fingerprint density at radius 2 is 1.59 bits per heavy atom. The standard InChI is InChI=1S/C20H17BrN2O3S/c1-14-4-2-6-18(12-14)22-20(24)15-5-3-7-19(13-15)27(25,26)23-17-10-8-16(21)9-11-17/h2-13,23H,1H3,(H,22,24). The van der Waals surface area contributed by atoms with E-state index in [4.69, 9.17) is 0 Å². The molecule has 0 aliphatic carbocycles. The zero-order valence-electron chi connectivity index (χ0n) is 14.4. The molecule has 0 unspecified atom stereocenters. The van der Waals surface area contributed by atoms with Crippen molar-refractivity contribution < 1.29 is 13.2 Å². The molecule has 0 aromatic heterocycles. The van der Waals surface area contributed by atoms with Crippen LogP contribution in [0, 0.1) is 6.92 Å². The topological polar surface area (TPSA) is 75.3 Å². The normalized spacial score (nSPS) is 11.0. The molecule has 0 aliphatic rings. The summed E-state index contributed by atoms with van der Waals surface area (Å²) < 4.78 is 28.6. The van der Waals surface area contributed by atoms with Crippen molar-refractivity contribution in [1.82, 2.24) is 0 Å². The number of benzene rings is 3. The van der Waals surface area contributed by atoms with Crippen molar-refractivity contribution in [3.63, 3.8) is 0 Å². The Kier molecular flexibility index (Phi) is 5.62. The van der Waals surface area contributed by atoms with Crippen LogP contribution in [0.3, 0.4) is 0 Å². The van der Waals surface area contributed by atoms with Crippen molar-refractivity contribution >= 4 is 43.2 Å². The van der Waals surface area contributed by atoms with Gasteiger partial charge < -0.3 is 5.32 Å². The van der Waals surface area contributed by atoms with E-state index in [2.05, 4.69) is 26.0 Å². The number of amides is 1. The van der Waals surface area contributed by atoms with Crippen molar-refractivity contribution in [2.24, 2.45) is 0 Å². The highest BCUT2D eigenvalue weighted by atomic mass is 79.9. The first kappa shape index (κ1) is 19.1. The lowest BCUT2D eigenvalue weighted by atomic mass is 10.2. The lowest BCUT2D eigenvalue weighted by molar-refractivity contribution is 0.102. The second-order valence-electron chi connectivity index (χ2n) is 5.96. The number of nitrogens with one attached hydrogen (secondary N) is 2. The molecule has 3 aromatic rings. The maximum Gasteiger partial charge on any atom is 0.261 e. The first-order valence-corrected chi connectivity index (χ1v) is 10.4. The van der Waals surface area contributed by atoms with Crippen LogP contribution in [0.1, 0.15) is 15.9 Å². The van der Waals surface area contributed by atoms with Crippen LogP contribution in [0.5, 0.6) is 0 Å². The highest BCUT2D eigenvalue weighted by Gasteiger charge is 2.16. The largest absolute Gasteiger partial charge is 0.322 e. The smallest absolute Gasteiger partial charge is 0.261 e. The summed E-state index contributed by atoms with van der Waals surface area (Å²) in [5, 5.41) is 2.77. The minimum atomic E-state index is -3.81. The van der Waals surface area contributed by atoms with E-state index >= 15 is 0 Å². The maximum atomic E-state index is 12.6. The monoisotopic (exact) mass is 444 g/mol. The van der Waals surface area contributed by atoms with Gasteiger partial charge in [-0.1, -0.05) is 34.1 Å². The number of carbonyl (C=O) groups is 1. The fourth-order valence-electron chi connectivity index (χ4n) is 2.46. The number of hydrogen-bond acceptors (Lipinski definition) is 3. The van der Waals surface area contributed by atoms with Gasteiger partial charge in [-0.2, -0.15) is 0 Å². The number of hydrogen-bond donors (Lipinski definition) is 2. The van der Waals surface area contributed by atoms with Gasteiger partial charge in [-0.05, 0) is 67.1 Å². The van der Waals surface area contributed by atoms with E-state index in [1.54, 1.807) is 42.5 Å². The molecule has 138 valence electrons. The summed E-state index contributed by atoms with van der Waals surface area (Å²) in [6, 6.07) is 20.1. The molecule has 0 saturated carbocycles. The SMILES string of the molecule is Cc1cccc(NC(=O)c2cccc(S(=O)(=O)Nc3ccc(Br)cc3)c2)c1. The molecule has 0 heterocycles. The predicted octanol–water partition coefficient (Wildman–Crippen LogP) is 4.81. The lowest BCUT2D eigenvalue weighted by Gasteiger charge is -2.10. The van der Waals surface area contributed by atoms with Gasteiger partial charge in [0.2, 0.25) is 0 Å². The molecule has 1 amide bonds. The summed E-state index contributed by atoms with van der Waals surface area (Å²) in [7, 11) is -3.81. The van der Waals surface area contributed by atoms with Crippen LogP contribution in [-0.4, -0.2) is 14.3 Å². The third kappa shape index (κ3) is 4.96. The van der Waals surface area contributed by atoms with Crippen LogP contribution in [0.4, 0.5) is 11.4 Å². The Balaban J connectivity index is 1.81. The molecular weight excluding hydrogens is 428 g/mol. The number of sulfonamides is 1. The Labute approximate surface area is 166 Å². The molecule has 7 heteroatoms. The Morgan fingerprint density at radius 1 is 0.889 bits per heavy atom. The molecule has 27 heavy (non-hydrogen) atoms. The summed E-state index contributed by atoms with van der Waals surface area (Å²) in [6.07, 6.45) is 0. The van der Waals surface area contributed by atoms with E-state index in [0.29, 0.717) is 11.4 Å². The first-order valence-electron chi connectivity index (χ1n) is 8.10. The van der Waals surface area contributed by atoms with Gasteiger partial charge in [-0.15, -0.1) is 0 Å². The second kappa shape index (κ2) is 7.94. The van der Waals surface area contributed by atoms with E-state index in [1.165, 1.54) is 12.1 Å². The summed E-state index contributed by atoms with van der Waals surface area (Å²) in [5.74, 6) is -0.374. The average Bonchev–Trinajstić information content (AvgIpc) is 2.63. The summed E-state index contributed by atoms with van der Waals surface area (Å²) in [6.45, 7) is 1.93. The Morgan fingerprint density at radius 3 is 2.30 bits per heavy atom. The minimum Gasteiger partial charge on any atom is -0.322 e. The van der Waals surface area contributed by atoms with Crippen LogP contribution in [-0.2, 0) is 10.0 Å². The quantitative estimate of drug-likeness (QED) is 0.592.